The molecule has 0 spiro atoms. The van der Waals surface area contributed by atoms with Gasteiger partial charge < -0.3 is 5.73 Å². The Morgan fingerprint density at radius 3 is 2.53 bits per heavy atom. The molecule has 0 saturated heterocycles. The smallest absolute Gasteiger partial charge is 0.315 e. The topological polar surface area (TPSA) is 43.8 Å². The summed E-state index contributed by atoms with van der Waals surface area (Å²) in [7, 11) is 0. The van der Waals surface area contributed by atoms with Gasteiger partial charge in [-0.25, -0.2) is 0 Å². The minimum Gasteiger partial charge on any atom is -0.315 e. The quantitative estimate of drug-likeness (QED) is 0.849. The molecule has 1 rings (SSSR count). The second-order valence-electron chi connectivity index (χ2n) is 3.85. The average molecular weight is 221 g/mol. The lowest BCUT2D eigenvalue weighted by molar-refractivity contribution is -0.150. The first-order valence-electron chi connectivity index (χ1n) is 4.66. The van der Waals surface area contributed by atoms with E-state index in [9.17, 15) is 13.2 Å². The summed E-state index contributed by atoms with van der Waals surface area (Å²) in [5.74, 6) is 0.226. The van der Waals surface area contributed by atoms with Crippen LogP contribution in [-0.4, -0.2) is 16.0 Å². The van der Waals surface area contributed by atoms with Gasteiger partial charge in [0, 0.05) is 12.7 Å². The summed E-state index contributed by atoms with van der Waals surface area (Å²) in [4.78, 5) is 0. The van der Waals surface area contributed by atoms with Crippen molar-refractivity contribution in [2.45, 2.75) is 32.6 Å². The molecule has 0 fully saturated rings. The SMILES string of the molecule is CC(C)Cn1nccc1C(N)C(F)(F)F. The Bertz CT molecular complexity index is 317. The molecular formula is C9H14F3N3. The van der Waals surface area contributed by atoms with Crippen LogP contribution in [-0.2, 0) is 6.54 Å². The Morgan fingerprint density at radius 2 is 2.07 bits per heavy atom. The van der Waals surface area contributed by atoms with E-state index in [4.69, 9.17) is 5.73 Å². The maximum absolute atomic E-state index is 12.4. The van der Waals surface area contributed by atoms with Crippen molar-refractivity contribution < 1.29 is 13.2 Å². The molecule has 0 radical (unpaired) electrons. The second-order valence-corrected chi connectivity index (χ2v) is 3.85. The van der Waals surface area contributed by atoms with Crippen LogP contribution >= 0.6 is 0 Å². The highest BCUT2D eigenvalue weighted by Gasteiger charge is 2.39. The van der Waals surface area contributed by atoms with Crippen LogP contribution in [0.25, 0.3) is 0 Å². The number of aromatic nitrogens is 2. The molecule has 1 aromatic heterocycles. The molecule has 86 valence electrons. The van der Waals surface area contributed by atoms with Crippen molar-refractivity contribution in [1.82, 2.24) is 9.78 Å². The van der Waals surface area contributed by atoms with E-state index in [1.165, 1.54) is 16.9 Å². The molecule has 0 aromatic carbocycles. The van der Waals surface area contributed by atoms with Crippen LogP contribution in [0.1, 0.15) is 25.6 Å². The lowest BCUT2D eigenvalue weighted by Gasteiger charge is -2.18. The van der Waals surface area contributed by atoms with Gasteiger partial charge in [-0.2, -0.15) is 18.3 Å². The van der Waals surface area contributed by atoms with Crippen LogP contribution < -0.4 is 5.73 Å². The fourth-order valence-electron chi connectivity index (χ4n) is 1.27. The Hall–Kier alpha value is -1.04. The summed E-state index contributed by atoms with van der Waals surface area (Å²) in [6, 6.07) is -0.653. The summed E-state index contributed by atoms with van der Waals surface area (Å²) < 4.78 is 38.4. The van der Waals surface area contributed by atoms with Crippen molar-refractivity contribution in [3.63, 3.8) is 0 Å². The third-order valence-electron chi connectivity index (χ3n) is 1.96. The minimum absolute atomic E-state index is 0.0104. The summed E-state index contributed by atoms with van der Waals surface area (Å²) in [6.45, 7) is 4.25. The standard InChI is InChI=1S/C9H14F3N3/c1-6(2)5-15-7(3-4-14-15)8(13)9(10,11)12/h3-4,6,8H,5,13H2,1-2H3. The highest BCUT2D eigenvalue weighted by Crippen LogP contribution is 2.30. The van der Waals surface area contributed by atoms with Gasteiger partial charge in [0.25, 0.3) is 0 Å². The summed E-state index contributed by atoms with van der Waals surface area (Å²) in [5.41, 5.74) is 5.12. The Morgan fingerprint density at radius 1 is 1.47 bits per heavy atom. The number of hydrogen-bond acceptors (Lipinski definition) is 2. The molecule has 1 atom stereocenters. The lowest BCUT2D eigenvalue weighted by Crippen LogP contribution is -2.31. The molecule has 3 nitrogen and oxygen atoms in total. The maximum Gasteiger partial charge on any atom is 0.409 e. The highest BCUT2D eigenvalue weighted by atomic mass is 19.4. The first kappa shape index (κ1) is 12.0. The molecule has 6 heteroatoms. The molecule has 1 heterocycles. The maximum atomic E-state index is 12.4. The van der Waals surface area contributed by atoms with Crippen LogP contribution in [0, 0.1) is 5.92 Å². The van der Waals surface area contributed by atoms with Gasteiger partial charge in [-0.15, -0.1) is 0 Å². The third kappa shape index (κ3) is 2.95. The minimum atomic E-state index is -4.42. The van der Waals surface area contributed by atoms with Gasteiger partial charge in [-0.3, -0.25) is 4.68 Å². The molecule has 1 aromatic rings. The third-order valence-corrected chi connectivity index (χ3v) is 1.96. The zero-order chi connectivity index (χ0) is 11.6. The van der Waals surface area contributed by atoms with Gasteiger partial charge in [0.2, 0.25) is 0 Å². The average Bonchev–Trinajstić information content (AvgIpc) is 2.48. The predicted molar refractivity (Wildman–Crippen MR) is 50.0 cm³/mol. The van der Waals surface area contributed by atoms with E-state index in [1.807, 2.05) is 13.8 Å². The summed E-state index contributed by atoms with van der Waals surface area (Å²) in [6.07, 6.45) is -3.09. The normalized spacial score (nSPS) is 14.6. The first-order chi connectivity index (χ1) is 6.82. The second kappa shape index (κ2) is 4.22. The lowest BCUT2D eigenvalue weighted by atomic mass is 10.2. The largest absolute Gasteiger partial charge is 0.409 e. The molecule has 0 amide bonds. The zero-order valence-corrected chi connectivity index (χ0v) is 8.62. The van der Waals surface area contributed by atoms with Gasteiger partial charge >= 0.3 is 6.18 Å². The van der Waals surface area contributed by atoms with Crippen molar-refractivity contribution in [2.24, 2.45) is 11.7 Å². The van der Waals surface area contributed by atoms with E-state index in [1.54, 1.807) is 0 Å². The number of hydrogen-bond donors (Lipinski definition) is 1. The van der Waals surface area contributed by atoms with E-state index in [0.29, 0.717) is 6.54 Å². The number of rotatable bonds is 3. The fraction of sp³-hybridized carbons (Fsp3) is 0.667. The van der Waals surface area contributed by atoms with Crippen LogP contribution in [0.4, 0.5) is 13.2 Å². The van der Waals surface area contributed by atoms with Gasteiger partial charge in [-0.1, -0.05) is 13.8 Å². The van der Waals surface area contributed by atoms with E-state index >= 15 is 0 Å². The van der Waals surface area contributed by atoms with Crippen molar-refractivity contribution in [3.05, 3.63) is 18.0 Å². The first-order valence-corrected chi connectivity index (χ1v) is 4.66. The van der Waals surface area contributed by atoms with Crippen LogP contribution in [0.3, 0.4) is 0 Å². The van der Waals surface area contributed by atoms with E-state index < -0.39 is 12.2 Å². The van der Waals surface area contributed by atoms with Crippen LogP contribution in [0.2, 0.25) is 0 Å². The van der Waals surface area contributed by atoms with Crippen molar-refractivity contribution in [2.75, 3.05) is 0 Å². The molecule has 0 aliphatic rings. The monoisotopic (exact) mass is 221 g/mol. The van der Waals surface area contributed by atoms with Crippen molar-refractivity contribution in [3.8, 4) is 0 Å². The van der Waals surface area contributed by atoms with Crippen LogP contribution in [0.15, 0.2) is 12.3 Å². The van der Waals surface area contributed by atoms with E-state index in [2.05, 4.69) is 5.10 Å². The molecule has 0 bridgehead atoms. The molecular weight excluding hydrogens is 207 g/mol. The summed E-state index contributed by atoms with van der Waals surface area (Å²) >= 11 is 0. The number of nitrogens with zero attached hydrogens (tertiary/aromatic N) is 2. The van der Waals surface area contributed by atoms with Gasteiger partial charge in [0.05, 0.1) is 5.69 Å². The number of nitrogens with two attached hydrogens (primary N) is 1. The highest BCUT2D eigenvalue weighted by molar-refractivity contribution is 5.08. The fourth-order valence-corrected chi connectivity index (χ4v) is 1.27. The molecule has 1 unspecified atom stereocenters. The van der Waals surface area contributed by atoms with Gasteiger partial charge in [0.1, 0.15) is 6.04 Å². The van der Waals surface area contributed by atoms with E-state index in [-0.39, 0.29) is 11.6 Å². The Labute approximate surface area is 86.1 Å². The summed E-state index contributed by atoms with van der Waals surface area (Å²) in [5, 5.41) is 3.83. The number of halogens is 3. The van der Waals surface area contributed by atoms with E-state index in [0.717, 1.165) is 0 Å². The Kier molecular flexibility index (Phi) is 3.38. The van der Waals surface area contributed by atoms with Crippen molar-refractivity contribution >= 4 is 0 Å². The predicted octanol–water partition coefficient (Wildman–Crippen LogP) is 2.10. The van der Waals surface area contributed by atoms with Gasteiger partial charge in [0.15, 0.2) is 0 Å². The Balaban J connectivity index is 2.90. The van der Waals surface area contributed by atoms with Gasteiger partial charge in [-0.05, 0) is 12.0 Å². The molecule has 0 saturated carbocycles. The molecule has 2 N–H and O–H groups in total. The zero-order valence-electron chi connectivity index (χ0n) is 8.62. The number of alkyl halides is 3. The van der Waals surface area contributed by atoms with Crippen LogP contribution in [0.5, 0.6) is 0 Å². The molecule has 0 aliphatic heterocycles. The molecule has 15 heavy (non-hydrogen) atoms. The molecule has 0 aliphatic carbocycles. The van der Waals surface area contributed by atoms with Crippen molar-refractivity contribution in [1.29, 1.82) is 0 Å².